The minimum absolute atomic E-state index is 0.0724. The number of rotatable bonds is 1. The highest BCUT2D eigenvalue weighted by Crippen LogP contribution is 2.24. The van der Waals surface area contributed by atoms with Gasteiger partial charge in [0.15, 0.2) is 0 Å². The number of benzene rings is 1. The predicted molar refractivity (Wildman–Crippen MR) is 47.9 cm³/mol. The number of aryl methyl sites for hydroxylation is 1. The number of hydrogen-bond donors (Lipinski definition) is 1. The van der Waals surface area contributed by atoms with E-state index in [0.29, 0.717) is 11.1 Å². The molecule has 0 spiro atoms. The summed E-state index contributed by atoms with van der Waals surface area (Å²) < 4.78 is 18.1. The molecular weight excluding hydrogens is 187 g/mol. The second kappa shape index (κ2) is 2.83. The van der Waals surface area contributed by atoms with E-state index in [2.05, 4.69) is 0 Å². The summed E-state index contributed by atoms with van der Waals surface area (Å²) in [5.74, 6) is -1.20. The van der Waals surface area contributed by atoms with Crippen molar-refractivity contribution in [3.05, 3.63) is 35.3 Å². The fourth-order valence-corrected chi connectivity index (χ4v) is 1.41. The Hall–Kier alpha value is -1.84. The van der Waals surface area contributed by atoms with Crippen LogP contribution in [-0.4, -0.2) is 11.1 Å². The van der Waals surface area contributed by atoms with Crippen LogP contribution in [0.1, 0.15) is 16.1 Å². The van der Waals surface area contributed by atoms with Gasteiger partial charge in [-0.1, -0.05) is 0 Å². The lowest BCUT2D eigenvalue weighted by Crippen LogP contribution is -1.97. The van der Waals surface area contributed by atoms with E-state index in [1.807, 2.05) is 0 Å². The maximum absolute atomic E-state index is 12.9. The smallest absolute Gasteiger partial charge is 0.336 e. The number of fused-ring (bicyclic) bond motifs is 1. The maximum atomic E-state index is 12.9. The van der Waals surface area contributed by atoms with E-state index in [9.17, 15) is 9.18 Å². The number of carboxylic acid groups (broad SMARTS) is 1. The molecule has 1 N–H and O–H groups in total. The second-order valence-electron chi connectivity index (χ2n) is 3.03. The summed E-state index contributed by atoms with van der Waals surface area (Å²) in [6.45, 7) is 1.68. The molecule has 0 aliphatic rings. The van der Waals surface area contributed by atoms with E-state index in [0.717, 1.165) is 6.07 Å². The molecule has 1 aromatic carbocycles. The molecule has 0 aliphatic carbocycles. The van der Waals surface area contributed by atoms with Gasteiger partial charge < -0.3 is 9.52 Å². The van der Waals surface area contributed by atoms with E-state index >= 15 is 0 Å². The zero-order chi connectivity index (χ0) is 10.3. The van der Waals surface area contributed by atoms with Crippen molar-refractivity contribution in [1.82, 2.24) is 0 Å². The zero-order valence-electron chi connectivity index (χ0n) is 7.37. The van der Waals surface area contributed by atoms with Gasteiger partial charge in [0.25, 0.3) is 0 Å². The van der Waals surface area contributed by atoms with E-state index in [4.69, 9.17) is 9.52 Å². The molecule has 72 valence electrons. The molecule has 0 aliphatic heterocycles. The molecule has 0 bridgehead atoms. The summed E-state index contributed by atoms with van der Waals surface area (Å²) in [7, 11) is 0. The Morgan fingerprint density at radius 3 is 2.79 bits per heavy atom. The highest BCUT2D eigenvalue weighted by atomic mass is 19.1. The van der Waals surface area contributed by atoms with Gasteiger partial charge in [0.2, 0.25) is 0 Å². The number of carboxylic acids is 1. The number of hydrogen-bond acceptors (Lipinski definition) is 2. The first-order chi connectivity index (χ1) is 6.58. The van der Waals surface area contributed by atoms with Crippen LogP contribution in [0.3, 0.4) is 0 Å². The van der Waals surface area contributed by atoms with Gasteiger partial charge in [-0.25, -0.2) is 9.18 Å². The summed E-state index contributed by atoms with van der Waals surface area (Å²) in [5.41, 5.74) is 0.191. The highest BCUT2D eigenvalue weighted by Gasteiger charge is 2.13. The molecule has 0 unspecified atom stereocenters. The number of furan rings is 1. The lowest BCUT2D eigenvalue weighted by molar-refractivity contribution is 0.0698. The van der Waals surface area contributed by atoms with Crippen molar-refractivity contribution in [2.45, 2.75) is 6.92 Å². The first-order valence-corrected chi connectivity index (χ1v) is 4.01. The van der Waals surface area contributed by atoms with Crippen molar-refractivity contribution in [2.75, 3.05) is 0 Å². The largest absolute Gasteiger partial charge is 0.478 e. The molecule has 1 heterocycles. The monoisotopic (exact) mass is 194 g/mol. The first kappa shape index (κ1) is 8.74. The van der Waals surface area contributed by atoms with Crippen LogP contribution in [0.15, 0.2) is 22.6 Å². The van der Waals surface area contributed by atoms with Crippen molar-refractivity contribution in [3.63, 3.8) is 0 Å². The quantitative estimate of drug-likeness (QED) is 0.758. The van der Waals surface area contributed by atoms with E-state index in [-0.39, 0.29) is 11.1 Å². The number of halogens is 1. The maximum Gasteiger partial charge on any atom is 0.336 e. The lowest BCUT2D eigenvalue weighted by Gasteiger charge is -1.95. The van der Waals surface area contributed by atoms with Crippen LogP contribution < -0.4 is 0 Å². The normalized spacial score (nSPS) is 10.7. The van der Waals surface area contributed by atoms with Gasteiger partial charge in [0.1, 0.15) is 17.2 Å². The van der Waals surface area contributed by atoms with E-state index < -0.39 is 11.8 Å². The fourth-order valence-electron chi connectivity index (χ4n) is 1.41. The summed E-state index contributed by atoms with van der Waals surface area (Å²) in [5, 5.41) is 9.24. The van der Waals surface area contributed by atoms with E-state index in [1.165, 1.54) is 6.07 Å². The van der Waals surface area contributed by atoms with Crippen LogP contribution in [0.25, 0.3) is 11.0 Å². The summed E-state index contributed by atoms with van der Waals surface area (Å²) >= 11 is 0. The van der Waals surface area contributed by atoms with Crippen LogP contribution in [-0.2, 0) is 0 Å². The van der Waals surface area contributed by atoms with E-state index in [1.54, 1.807) is 13.0 Å². The second-order valence-corrected chi connectivity index (χ2v) is 3.03. The lowest BCUT2D eigenvalue weighted by atomic mass is 10.1. The van der Waals surface area contributed by atoms with Crippen LogP contribution >= 0.6 is 0 Å². The Bertz CT molecular complexity index is 513. The Balaban J connectivity index is 2.85. The van der Waals surface area contributed by atoms with Gasteiger partial charge in [-0.05, 0) is 19.1 Å². The number of carbonyl (C=O) groups is 1. The average molecular weight is 194 g/mol. The topological polar surface area (TPSA) is 50.4 Å². The summed E-state index contributed by atoms with van der Waals surface area (Å²) in [6.07, 6.45) is 0. The minimum Gasteiger partial charge on any atom is -0.478 e. The molecule has 0 fully saturated rings. The molecule has 2 aromatic rings. The highest BCUT2D eigenvalue weighted by molar-refractivity contribution is 6.02. The molecule has 2 rings (SSSR count). The van der Waals surface area contributed by atoms with Gasteiger partial charge in [0.05, 0.1) is 5.56 Å². The SMILES string of the molecule is Cc1cc2c(C(=O)O)cc(F)cc2o1. The van der Waals surface area contributed by atoms with Gasteiger partial charge >= 0.3 is 5.97 Å². The van der Waals surface area contributed by atoms with Crippen LogP contribution in [0.4, 0.5) is 4.39 Å². The zero-order valence-corrected chi connectivity index (χ0v) is 7.37. The van der Waals surface area contributed by atoms with Crippen LogP contribution in [0.2, 0.25) is 0 Å². The van der Waals surface area contributed by atoms with Crippen molar-refractivity contribution >= 4 is 16.9 Å². The van der Waals surface area contributed by atoms with Crippen LogP contribution in [0.5, 0.6) is 0 Å². The molecule has 14 heavy (non-hydrogen) atoms. The van der Waals surface area contributed by atoms with Crippen molar-refractivity contribution in [2.24, 2.45) is 0 Å². The standard InChI is InChI=1S/C10H7FO3/c1-5-2-7-8(10(12)13)3-6(11)4-9(7)14-5/h2-4H,1H3,(H,12,13). The Kier molecular flexibility index (Phi) is 1.77. The minimum atomic E-state index is -1.16. The first-order valence-electron chi connectivity index (χ1n) is 4.01. The molecule has 3 nitrogen and oxygen atoms in total. The molecule has 1 aromatic heterocycles. The van der Waals surface area contributed by atoms with Gasteiger partial charge in [-0.2, -0.15) is 0 Å². The molecule has 4 heteroatoms. The molecule has 0 saturated heterocycles. The summed E-state index contributed by atoms with van der Waals surface area (Å²) in [6, 6.07) is 3.74. The Labute approximate surface area is 78.8 Å². The molecular formula is C10H7FO3. The third-order valence-electron chi connectivity index (χ3n) is 1.96. The molecule has 0 saturated carbocycles. The molecule has 0 amide bonds. The Morgan fingerprint density at radius 1 is 1.43 bits per heavy atom. The number of aromatic carboxylic acids is 1. The average Bonchev–Trinajstić information content (AvgIpc) is 2.42. The van der Waals surface area contributed by atoms with Crippen molar-refractivity contribution < 1.29 is 18.7 Å². The van der Waals surface area contributed by atoms with Gasteiger partial charge in [-0.3, -0.25) is 0 Å². The van der Waals surface area contributed by atoms with Crippen LogP contribution in [0, 0.1) is 12.7 Å². The molecule has 0 radical (unpaired) electrons. The third-order valence-corrected chi connectivity index (χ3v) is 1.96. The predicted octanol–water partition coefficient (Wildman–Crippen LogP) is 2.58. The summed E-state index contributed by atoms with van der Waals surface area (Å²) in [4.78, 5) is 10.8. The molecule has 0 atom stereocenters. The van der Waals surface area contributed by atoms with Gasteiger partial charge in [-0.15, -0.1) is 0 Å². The van der Waals surface area contributed by atoms with Crippen molar-refractivity contribution in [1.29, 1.82) is 0 Å². The Morgan fingerprint density at radius 2 is 2.14 bits per heavy atom. The van der Waals surface area contributed by atoms with Gasteiger partial charge in [0, 0.05) is 11.5 Å². The third kappa shape index (κ3) is 1.25. The van der Waals surface area contributed by atoms with Crippen molar-refractivity contribution in [3.8, 4) is 0 Å². The fraction of sp³-hybridized carbons (Fsp3) is 0.100.